The van der Waals surface area contributed by atoms with Crippen molar-refractivity contribution in [2.45, 2.75) is 57.5 Å². The molecule has 1 saturated heterocycles. The SMILES string of the molecule is O=C(CCc1nc(C2CCCN2C(=O)C2CCC2)no1)NCc1ccccc1. The zero-order valence-electron chi connectivity index (χ0n) is 16.0. The Bertz CT molecular complexity index is 816. The molecule has 2 aromatic rings. The fraction of sp³-hybridized carbons (Fsp3) is 0.524. The maximum Gasteiger partial charge on any atom is 0.227 e. The van der Waals surface area contributed by atoms with E-state index in [1.807, 2.05) is 35.2 Å². The third-order valence-corrected chi connectivity index (χ3v) is 5.67. The number of rotatable bonds is 7. The van der Waals surface area contributed by atoms with E-state index in [4.69, 9.17) is 4.52 Å². The van der Waals surface area contributed by atoms with E-state index in [-0.39, 0.29) is 23.8 Å². The summed E-state index contributed by atoms with van der Waals surface area (Å²) in [5.41, 5.74) is 1.06. The molecule has 0 spiro atoms. The van der Waals surface area contributed by atoms with Crippen molar-refractivity contribution in [3.05, 3.63) is 47.6 Å². The highest BCUT2D eigenvalue weighted by atomic mass is 16.5. The van der Waals surface area contributed by atoms with E-state index in [1.54, 1.807) is 0 Å². The summed E-state index contributed by atoms with van der Waals surface area (Å²) in [6.45, 7) is 1.28. The molecule has 1 aliphatic carbocycles. The van der Waals surface area contributed by atoms with Gasteiger partial charge in [0.1, 0.15) is 0 Å². The second-order valence-electron chi connectivity index (χ2n) is 7.63. The number of hydrogen-bond donors (Lipinski definition) is 1. The van der Waals surface area contributed by atoms with E-state index >= 15 is 0 Å². The third kappa shape index (κ3) is 4.24. The van der Waals surface area contributed by atoms with Gasteiger partial charge in [-0.1, -0.05) is 41.9 Å². The highest BCUT2D eigenvalue weighted by Crippen LogP contribution is 2.36. The van der Waals surface area contributed by atoms with Gasteiger partial charge in [0, 0.05) is 31.8 Å². The van der Waals surface area contributed by atoms with E-state index in [0.29, 0.717) is 31.1 Å². The van der Waals surface area contributed by atoms with E-state index in [2.05, 4.69) is 15.5 Å². The molecule has 1 unspecified atom stereocenters. The molecule has 148 valence electrons. The Morgan fingerprint density at radius 3 is 2.71 bits per heavy atom. The summed E-state index contributed by atoms with van der Waals surface area (Å²) in [4.78, 5) is 31.1. The van der Waals surface area contributed by atoms with Gasteiger partial charge in [0.25, 0.3) is 0 Å². The fourth-order valence-electron chi connectivity index (χ4n) is 3.80. The Kier molecular flexibility index (Phi) is 5.69. The van der Waals surface area contributed by atoms with Crippen LogP contribution in [0.1, 0.15) is 61.8 Å². The van der Waals surface area contributed by atoms with E-state index in [0.717, 1.165) is 44.2 Å². The molecule has 7 nitrogen and oxygen atoms in total. The van der Waals surface area contributed by atoms with Gasteiger partial charge < -0.3 is 14.7 Å². The molecule has 1 N–H and O–H groups in total. The van der Waals surface area contributed by atoms with Crippen LogP contribution in [0.2, 0.25) is 0 Å². The zero-order valence-corrected chi connectivity index (χ0v) is 16.0. The number of carbonyl (C=O) groups excluding carboxylic acids is 2. The molecule has 2 fully saturated rings. The van der Waals surface area contributed by atoms with E-state index in [9.17, 15) is 9.59 Å². The lowest BCUT2D eigenvalue weighted by Gasteiger charge is -2.31. The van der Waals surface area contributed by atoms with Gasteiger partial charge in [-0.05, 0) is 31.2 Å². The van der Waals surface area contributed by atoms with Crippen molar-refractivity contribution in [1.82, 2.24) is 20.4 Å². The standard InChI is InChI=1S/C21H26N4O3/c26-18(22-14-15-6-2-1-3-7-15)11-12-19-23-20(24-28-19)17-10-5-13-25(17)21(27)16-8-4-9-16/h1-3,6-7,16-17H,4-5,8-14H2,(H,22,26). The minimum atomic E-state index is -0.0856. The van der Waals surface area contributed by atoms with Crippen molar-refractivity contribution in [2.24, 2.45) is 5.92 Å². The number of hydrogen-bond acceptors (Lipinski definition) is 5. The molecule has 1 aliphatic heterocycles. The topological polar surface area (TPSA) is 88.3 Å². The molecular formula is C21H26N4O3. The van der Waals surface area contributed by atoms with Crippen molar-refractivity contribution >= 4 is 11.8 Å². The fourth-order valence-corrected chi connectivity index (χ4v) is 3.80. The first-order valence-electron chi connectivity index (χ1n) is 10.1. The molecule has 1 aromatic carbocycles. The summed E-state index contributed by atoms with van der Waals surface area (Å²) < 4.78 is 5.34. The van der Waals surface area contributed by atoms with Crippen LogP contribution in [0.15, 0.2) is 34.9 Å². The second kappa shape index (κ2) is 8.54. The average molecular weight is 382 g/mol. The van der Waals surface area contributed by atoms with E-state index in [1.165, 1.54) is 0 Å². The predicted molar refractivity (Wildman–Crippen MR) is 102 cm³/mol. The van der Waals surface area contributed by atoms with Gasteiger partial charge in [-0.15, -0.1) is 0 Å². The van der Waals surface area contributed by atoms with Crippen LogP contribution in [0.4, 0.5) is 0 Å². The first-order valence-corrected chi connectivity index (χ1v) is 10.1. The Balaban J connectivity index is 1.28. The third-order valence-electron chi connectivity index (χ3n) is 5.67. The normalized spacial score (nSPS) is 19.4. The molecule has 0 bridgehead atoms. The van der Waals surface area contributed by atoms with Gasteiger partial charge in [0.15, 0.2) is 5.82 Å². The Morgan fingerprint density at radius 1 is 1.14 bits per heavy atom. The Labute approximate surface area is 164 Å². The van der Waals surface area contributed by atoms with Crippen molar-refractivity contribution < 1.29 is 14.1 Å². The van der Waals surface area contributed by atoms with Crippen LogP contribution < -0.4 is 5.32 Å². The van der Waals surface area contributed by atoms with Crippen molar-refractivity contribution in [1.29, 1.82) is 0 Å². The van der Waals surface area contributed by atoms with Crippen LogP contribution in [0.5, 0.6) is 0 Å². The summed E-state index contributed by atoms with van der Waals surface area (Å²) in [7, 11) is 0. The summed E-state index contributed by atoms with van der Waals surface area (Å²) in [6.07, 6.45) is 5.67. The number of amides is 2. The minimum absolute atomic E-state index is 0.0498. The minimum Gasteiger partial charge on any atom is -0.352 e. The molecule has 1 saturated carbocycles. The maximum absolute atomic E-state index is 12.6. The van der Waals surface area contributed by atoms with Gasteiger partial charge in [0.2, 0.25) is 17.7 Å². The van der Waals surface area contributed by atoms with Gasteiger partial charge in [0.05, 0.1) is 6.04 Å². The largest absolute Gasteiger partial charge is 0.352 e. The quantitative estimate of drug-likeness (QED) is 0.795. The van der Waals surface area contributed by atoms with Crippen LogP contribution in [0, 0.1) is 5.92 Å². The van der Waals surface area contributed by atoms with Crippen LogP contribution in [0.25, 0.3) is 0 Å². The summed E-state index contributed by atoms with van der Waals surface area (Å²) in [6, 6.07) is 9.71. The molecule has 4 rings (SSSR count). The number of aromatic nitrogens is 2. The molecule has 7 heteroatoms. The molecule has 2 heterocycles. The van der Waals surface area contributed by atoms with Gasteiger partial charge in [-0.2, -0.15) is 4.98 Å². The van der Waals surface area contributed by atoms with Crippen LogP contribution in [0.3, 0.4) is 0 Å². The number of nitrogens with zero attached hydrogens (tertiary/aromatic N) is 3. The smallest absolute Gasteiger partial charge is 0.227 e. The maximum atomic E-state index is 12.6. The number of likely N-dealkylation sites (tertiary alicyclic amines) is 1. The first-order chi connectivity index (χ1) is 13.7. The van der Waals surface area contributed by atoms with Crippen molar-refractivity contribution in [3.63, 3.8) is 0 Å². The van der Waals surface area contributed by atoms with Crippen LogP contribution >= 0.6 is 0 Å². The molecule has 1 aromatic heterocycles. The number of aryl methyl sites for hydroxylation is 1. The first kappa shape index (κ1) is 18.7. The lowest BCUT2D eigenvalue weighted by Crippen LogP contribution is -2.38. The van der Waals surface area contributed by atoms with Gasteiger partial charge in [-0.25, -0.2) is 0 Å². The summed E-state index contributed by atoms with van der Waals surface area (Å²) in [5.74, 6) is 1.39. The molecule has 2 amide bonds. The summed E-state index contributed by atoms with van der Waals surface area (Å²) >= 11 is 0. The monoisotopic (exact) mass is 382 g/mol. The van der Waals surface area contributed by atoms with Crippen molar-refractivity contribution in [2.75, 3.05) is 6.54 Å². The molecule has 1 atom stereocenters. The number of benzene rings is 1. The average Bonchev–Trinajstić information content (AvgIpc) is 3.33. The number of nitrogens with one attached hydrogen (secondary N) is 1. The highest BCUT2D eigenvalue weighted by Gasteiger charge is 2.38. The van der Waals surface area contributed by atoms with Gasteiger partial charge >= 0.3 is 0 Å². The van der Waals surface area contributed by atoms with E-state index < -0.39 is 0 Å². The lowest BCUT2D eigenvalue weighted by atomic mass is 9.84. The zero-order chi connectivity index (χ0) is 19.3. The summed E-state index contributed by atoms with van der Waals surface area (Å²) in [5, 5.41) is 6.99. The van der Waals surface area contributed by atoms with Crippen LogP contribution in [-0.4, -0.2) is 33.4 Å². The lowest BCUT2D eigenvalue weighted by molar-refractivity contribution is -0.139. The predicted octanol–water partition coefficient (Wildman–Crippen LogP) is 2.78. The van der Waals surface area contributed by atoms with Crippen LogP contribution in [-0.2, 0) is 22.6 Å². The van der Waals surface area contributed by atoms with Gasteiger partial charge in [-0.3, -0.25) is 9.59 Å². The number of carbonyl (C=O) groups is 2. The Hall–Kier alpha value is -2.70. The van der Waals surface area contributed by atoms with Crippen molar-refractivity contribution in [3.8, 4) is 0 Å². The molecule has 2 aliphatic rings. The molecule has 0 radical (unpaired) electrons. The second-order valence-corrected chi connectivity index (χ2v) is 7.63. The molecule has 28 heavy (non-hydrogen) atoms. The molecular weight excluding hydrogens is 356 g/mol. The highest BCUT2D eigenvalue weighted by molar-refractivity contribution is 5.80. The Morgan fingerprint density at radius 2 is 1.96 bits per heavy atom.